The monoisotopic (exact) mass is 377 g/mol. The summed E-state index contributed by atoms with van der Waals surface area (Å²) in [6.45, 7) is 6.64. The van der Waals surface area contributed by atoms with Crippen LogP contribution in [0.15, 0.2) is 41.7 Å². The summed E-state index contributed by atoms with van der Waals surface area (Å²) in [7, 11) is 1.69. The van der Waals surface area contributed by atoms with Crippen LogP contribution in [0.1, 0.15) is 29.9 Å². The molecule has 1 fully saturated rings. The molecule has 3 aromatic rings. The molecule has 0 N–H and O–H groups in total. The lowest BCUT2D eigenvalue weighted by Crippen LogP contribution is -2.16. The average molecular weight is 377 g/mol. The fourth-order valence-corrected chi connectivity index (χ4v) is 3.51. The second-order valence-electron chi connectivity index (χ2n) is 7.48. The molecule has 0 aromatic carbocycles. The molecule has 7 nitrogen and oxygen atoms in total. The normalized spacial score (nSPS) is 20.8. The summed E-state index contributed by atoms with van der Waals surface area (Å²) in [6, 6.07) is 4.20. The number of hydrogen-bond donors (Lipinski definition) is 0. The van der Waals surface area contributed by atoms with Gasteiger partial charge in [0.05, 0.1) is 24.1 Å². The van der Waals surface area contributed by atoms with E-state index in [1.807, 2.05) is 20.0 Å². The van der Waals surface area contributed by atoms with E-state index in [0.29, 0.717) is 47.3 Å². The van der Waals surface area contributed by atoms with Crippen molar-refractivity contribution in [1.82, 2.24) is 24.5 Å². The molecular weight excluding hydrogens is 354 g/mol. The zero-order valence-corrected chi connectivity index (χ0v) is 16.5. The van der Waals surface area contributed by atoms with Gasteiger partial charge in [0.25, 0.3) is 5.56 Å². The van der Waals surface area contributed by atoms with Gasteiger partial charge >= 0.3 is 0 Å². The Hall–Kier alpha value is -3.09. The van der Waals surface area contributed by atoms with E-state index in [2.05, 4.69) is 39.0 Å². The molecule has 0 radical (unpaired) electrons. The van der Waals surface area contributed by atoms with Crippen molar-refractivity contribution in [3.63, 3.8) is 0 Å². The van der Waals surface area contributed by atoms with E-state index in [1.165, 1.54) is 10.8 Å². The number of nitrogens with zero attached hydrogens (tertiary/aromatic N) is 5. The van der Waals surface area contributed by atoms with E-state index in [-0.39, 0.29) is 5.56 Å². The Morgan fingerprint density at radius 1 is 1.11 bits per heavy atom. The largest absolute Gasteiger partial charge is 0.477 e. The highest BCUT2D eigenvalue weighted by molar-refractivity contribution is 5.62. The molecule has 0 aliphatic heterocycles. The van der Waals surface area contributed by atoms with Crippen LogP contribution in [0.25, 0.3) is 11.3 Å². The van der Waals surface area contributed by atoms with E-state index in [0.717, 1.165) is 11.3 Å². The maximum atomic E-state index is 11.6. The van der Waals surface area contributed by atoms with Gasteiger partial charge in [-0.3, -0.25) is 9.78 Å². The Kier molecular flexibility index (Phi) is 4.66. The molecule has 0 spiro atoms. The van der Waals surface area contributed by atoms with Crippen LogP contribution in [0.4, 0.5) is 0 Å². The molecule has 4 rings (SSSR count). The Morgan fingerprint density at radius 3 is 2.64 bits per heavy atom. The Labute approximate surface area is 163 Å². The zero-order valence-electron chi connectivity index (χ0n) is 16.5. The molecule has 144 valence electrons. The highest BCUT2D eigenvalue weighted by Gasteiger charge is 2.49. The van der Waals surface area contributed by atoms with Gasteiger partial charge in [-0.05, 0) is 31.4 Å². The molecule has 3 heterocycles. The van der Waals surface area contributed by atoms with Gasteiger partial charge in [0.1, 0.15) is 5.82 Å². The van der Waals surface area contributed by atoms with Crippen molar-refractivity contribution in [2.45, 2.75) is 26.7 Å². The van der Waals surface area contributed by atoms with E-state index >= 15 is 0 Å². The molecule has 3 aromatic heterocycles. The van der Waals surface area contributed by atoms with Gasteiger partial charge in [-0.25, -0.2) is 9.97 Å². The Morgan fingerprint density at radius 2 is 1.93 bits per heavy atom. The zero-order chi connectivity index (χ0) is 19.8. The van der Waals surface area contributed by atoms with E-state index in [9.17, 15) is 4.79 Å². The average Bonchev–Trinajstić information content (AvgIpc) is 3.32. The van der Waals surface area contributed by atoms with Crippen LogP contribution in [0.2, 0.25) is 0 Å². The fraction of sp³-hybridized carbons (Fsp3) is 0.381. The number of aryl methyl sites for hydroxylation is 3. The summed E-state index contributed by atoms with van der Waals surface area (Å²) in [6.07, 6.45) is 6.57. The lowest BCUT2D eigenvalue weighted by atomic mass is 10.2. The number of aromatic nitrogens is 5. The van der Waals surface area contributed by atoms with Gasteiger partial charge in [-0.2, -0.15) is 4.98 Å². The predicted octanol–water partition coefficient (Wildman–Crippen LogP) is 2.68. The topological polar surface area (TPSA) is 82.8 Å². The minimum Gasteiger partial charge on any atom is -0.477 e. The molecule has 3 atom stereocenters. The van der Waals surface area contributed by atoms with Gasteiger partial charge < -0.3 is 9.30 Å². The molecule has 28 heavy (non-hydrogen) atoms. The van der Waals surface area contributed by atoms with Crippen LogP contribution in [-0.4, -0.2) is 31.1 Å². The third kappa shape index (κ3) is 3.52. The molecule has 1 saturated carbocycles. The SMILES string of the molecule is Cc1ccc(C2C(C)C2COc2nc(C)ncc2-c2cn(C)c(=O)cn2)nc1. The first-order chi connectivity index (χ1) is 13.4. The molecular formula is C21H23N5O2. The van der Waals surface area contributed by atoms with E-state index < -0.39 is 0 Å². The van der Waals surface area contributed by atoms with E-state index in [1.54, 1.807) is 19.4 Å². The summed E-state index contributed by atoms with van der Waals surface area (Å²) in [4.78, 5) is 29.1. The summed E-state index contributed by atoms with van der Waals surface area (Å²) in [5, 5.41) is 0. The molecule has 0 saturated heterocycles. The maximum absolute atomic E-state index is 11.6. The van der Waals surface area contributed by atoms with Crippen molar-refractivity contribution in [3.05, 3.63) is 64.4 Å². The second kappa shape index (κ2) is 7.14. The van der Waals surface area contributed by atoms with Crippen molar-refractivity contribution >= 4 is 0 Å². The van der Waals surface area contributed by atoms with Crippen LogP contribution >= 0.6 is 0 Å². The maximum Gasteiger partial charge on any atom is 0.268 e. The van der Waals surface area contributed by atoms with Gasteiger partial charge in [0.2, 0.25) is 5.88 Å². The number of rotatable bonds is 5. The molecule has 0 amide bonds. The lowest BCUT2D eigenvalue weighted by molar-refractivity contribution is 0.280. The quantitative estimate of drug-likeness (QED) is 0.680. The summed E-state index contributed by atoms with van der Waals surface area (Å²) >= 11 is 0. The van der Waals surface area contributed by atoms with Crippen molar-refractivity contribution < 1.29 is 4.74 Å². The molecule has 1 aliphatic carbocycles. The number of ether oxygens (including phenoxy) is 1. The highest BCUT2D eigenvalue weighted by Crippen LogP contribution is 2.53. The van der Waals surface area contributed by atoms with Crippen molar-refractivity contribution in [2.24, 2.45) is 18.9 Å². The smallest absolute Gasteiger partial charge is 0.268 e. The summed E-state index contributed by atoms with van der Waals surface area (Å²) in [5.74, 6) is 2.43. The first-order valence-corrected chi connectivity index (χ1v) is 9.36. The van der Waals surface area contributed by atoms with Gasteiger partial charge in [0.15, 0.2) is 0 Å². The van der Waals surface area contributed by atoms with Crippen LogP contribution in [-0.2, 0) is 7.05 Å². The lowest BCUT2D eigenvalue weighted by Gasteiger charge is -2.11. The third-order valence-corrected chi connectivity index (χ3v) is 5.38. The summed E-state index contributed by atoms with van der Waals surface area (Å²) < 4.78 is 7.59. The molecule has 7 heteroatoms. The first kappa shape index (κ1) is 18.3. The van der Waals surface area contributed by atoms with Crippen LogP contribution in [0.3, 0.4) is 0 Å². The minimum atomic E-state index is -0.167. The first-order valence-electron chi connectivity index (χ1n) is 9.36. The molecule has 0 bridgehead atoms. The Bertz CT molecular complexity index is 1060. The standard InChI is InChI=1S/C21H23N5O2/c1-12-5-6-17(23-7-12)20-13(2)16(20)11-28-21-15(8-22-14(3)25-21)18-10-26(4)19(27)9-24-18/h5-10,13,16,20H,11H2,1-4H3. The molecule has 1 aliphatic rings. The van der Waals surface area contributed by atoms with Gasteiger partial charge in [0, 0.05) is 43.2 Å². The molecule has 3 unspecified atom stereocenters. The van der Waals surface area contributed by atoms with Crippen molar-refractivity contribution in [2.75, 3.05) is 6.61 Å². The van der Waals surface area contributed by atoms with Gasteiger partial charge in [-0.15, -0.1) is 0 Å². The minimum absolute atomic E-state index is 0.167. The van der Waals surface area contributed by atoms with E-state index in [4.69, 9.17) is 4.74 Å². The Balaban J connectivity index is 1.54. The van der Waals surface area contributed by atoms with Crippen molar-refractivity contribution in [1.29, 1.82) is 0 Å². The van der Waals surface area contributed by atoms with Crippen LogP contribution < -0.4 is 10.3 Å². The van der Waals surface area contributed by atoms with Crippen LogP contribution in [0, 0.1) is 25.7 Å². The fourth-order valence-electron chi connectivity index (χ4n) is 3.51. The van der Waals surface area contributed by atoms with Crippen LogP contribution in [0.5, 0.6) is 5.88 Å². The highest BCUT2D eigenvalue weighted by atomic mass is 16.5. The number of pyridine rings is 1. The second-order valence-corrected chi connectivity index (χ2v) is 7.48. The van der Waals surface area contributed by atoms with Gasteiger partial charge in [-0.1, -0.05) is 13.0 Å². The summed E-state index contributed by atoms with van der Waals surface area (Å²) in [5.41, 5.74) is 3.40. The number of hydrogen-bond acceptors (Lipinski definition) is 6. The third-order valence-electron chi connectivity index (χ3n) is 5.38. The predicted molar refractivity (Wildman–Crippen MR) is 105 cm³/mol. The van der Waals surface area contributed by atoms with Crippen molar-refractivity contribution in [3.8, 4) is 17.1 Å².